The lowest BCUT2D eigenvalue weighted by atomic mass is 9.98. The van der Waals surface area contributed by atoms with Crippen molar-refractivity contribution in [2.45, 2.75) is 38.3 Å². The lowest BCUT2D eigenvalue weighted by Gasteiger charge is -2.42. The Morgan fingerprint density at radius 1 is 1.23 bits per heavy atom. The van der Waals surface area contributed by atoms with Crippen LogP contribution in [0.3, 0.4) is 0 Å². The highest BCUT2D eigenvalue weighted by Gasteiger charge is 2.31. The predicted molar refractivity (Wildman–Crippen MR) is 83.5 cm³/mol. The van der Waals surface area contributed by atoms with E-state index in [1.165, 1.54) is 0 Å². The van der Waals surface area contributed by atoms with Crippen LogP contribution < -0.4 is 5.56 Å². The molecule has 2 aliphatic heterocycles. The van der Waals surface area contributed by atoms with Crippen LogP contribution in [-0.4, -0.2) is 58.2 Å². The summed E-state index contributed by atoms with van der Waals surface area (Å²) in [4.78, 5) is 27.9. The maximum atomic E-state index is 11.9. The van der Waals surface area contributed by atoms with E-state index >= 15 is 0 Å². The molecule has 0 aromatic carbocycles. The quantitative estimate of drug-likeness (QED) is 0.816. The molecule has 3 heterocycles. The van der Waals surface area contributed by atoms with Crippen molar-refractivity contribution in [1.82, 2.24) is 19.6 Å². The lowest BCUT2D eigenvalue weighted by Crippen LogP contribution is -2.54. The molecule has 2 aliphatic rings. The average molecular weight is 304 g/mol. The summed E-state index contributed by atoms with van der Waals surface area (Å²) in [5.41, 5.74) is -0.0324. The summed E-state index contributed by atoms with van der Waals surface area (Å²) in [5.74, 6) is 0.763. The Balaban J connectivity index is 1.48. The van der Waals surface area contributed by atoms with Gasteiger partial charge in [0.05, 0.1) is 6.54 Å². The van der Waals surface area contributed by atoms with Crippen LogP contribution in [0.5, 0.6) is 0 Å². The minimum Gasteiger partial charge on any atom is -0.341 e. The zero-order valence-corrected chi connectivity index (χ0v) is 13.1. The van der Waals surface area contributed by atoms with Crippen LogP contribution in [0.15, 0.2) is 23.1 Å². The van der Waals surface area contributed by atoms with Gasteiger partial charge in [0.1, 0.15) is 0 Å². The van der Waals surface area contributed by atoms with Gasteiger partial charge in [-0.3, -0.25) is 9.59 Å². The van der Waals surface area contributed by atoms with Gasteiger partial charge < -0.3 is 9.80 Å². The SMILES string of the molecule is CN1C(=O)CCCCC1CN1CC(Cn2ncccc2=O)C1. The second-order valence-electron chi connectivity index (χ2n) is 6.53. The van der Waals surface area contributed by atoms with E-state index in [1.54, 1.807) is 23.0 Å². The van der Waals surface area contributed by atoms with E-state index in [0.29, 0.717) is 24.9 Å². The Morgan fingerprint density at radius 2 is 2.05 bits per heavy atom. The van der Waals surface area contributed by atoms with Crippen molar-refractivity contribution in [2.24, 2.45) is 5.92 Å². The monoisotopic (exact) mass is 304 g/mol. The number of nitrogens with zero attached hydrogens (tertiary/aromatic N) is 4. The molecule has 1 aromatic heterocycles. The molecule has 0 spiro atoms. The average Bonchev–Trinajstić information content (AvgIpc) is 2.62. The topological polar surface area (TPSA) is 58.4 Å². The highest BCUT2D eigenvalue weighted by molar-refractivity contribution is 5.76. The van der Waals surface area contributed by atoms with Crippen molar-refractivity contribution >= 4 is 5.91 Å². The molecule has 1 aromatic rings. The van der Waals surface area contributed by atoms with E-state index in [0.717, 1.165) is 38.9 Å². The van der Waals surface area contributed by atoms with Gasteiger partial charge in [-0.1, -0.05) is 6.42 Å². The maximum absolute atomic E-state index is 11.9. The van der Waals surface area contributed by atoms with Crippen LogP contribution in [0, 0.1) is 5.92 Å². The number of hydrogen-bond donors (Lipinski definition) is 0. The fourth-order valence-electron chi connectivity index (χ4n) is 3.45. The molecule has 1 amide bonds. The number of rotatable bonds is 4. The lowest BCUT2D eigenvalue weighted by molar-refractivity contribution is -0.132. The molecule has 2 fully saturated rings. The Hall–Kier alpha value is -1.69. The van der Waals surface area contributed by atoms with Crippen molar-refractivity contribution in [2.75, 3.05) is 26.7 Å². The molecule has 6 heteroatoms. The summed E-state index contributed by atoms with van der Waals surface area (Å²) in [6.45, 7) is 3.62. The van der Waals surface area contributed by atoms with Crippen molar-refractivity contribution < 1.29 is 4.79 Å². The molecular formula is C16H24N4O2. The van der Waals surface area contributed by atoms with Gasteiger partial charge in [0, 0.05) is 57.3 Å². The third-order valence-electron chi connectivity index (χ3n) is 4.84. The van der Waals surface area contributed by atoms with Gasteiger partial charge in [-0.15, -0.1) is 0 Å². The fraction of sp³-hybridized carbons (Fsp3) is 0.688. The largest absolute Gasteiger partial charge is 0.341 e. The van der Waals surface area contributed by atoms with E-state index < -0.39 is 0 Å². The molecule has 6 nitrogen and oxygen atoms in total. The zero-order valence-electron chi connectivity index (χ0n) is 13.1. The van der Waals surface area contributed by atoms with Crippen LogP contribution in [-0.2, 0) is 11.3 Å². The number of hydrogen-bond acceptors (Lipinski definition) is 4. The van der Waals surface area contributed by atoms with E-state index in [2.05, 4.69) is 10.00 Å². The maximum Gasteiger partial charge on any atom is 0.266 e. The van der Waals surface area contributed by atoms with Crippen LogP contribution >= 0.6 is 0 Å². The molecule has 1 atom stereocenters. The summed E-state index contributed by atoms with van der Waals surface area (Å²) >= 11 is 0. The van der Waals surface area contributed by atoms with Crippen LogP contribution in [0.25, 0.3) is 0 Å². The van der Waals surface area contributed by atoms with Crippen LogP contribution in [0.2, 0.25) is 0 Å². The second-order valence-corrected chi connectivity index (χ2v) is 6.53. The van der Waals surface area contributed by atoms with E-state index in [4.69, 9.17) is 0 Å². The molecule has 0 saturated carbocycles. The summed E-state index contributed by atoms with van der Waals surface area (Å²) in [7, 11) is 1.93. The first kappa shape index (κ1) is 15.2. The molecule has 0 bridgehead atoms. The smallest absolute Gasteiger partial charge is 0.266 e. The number of carbonyl (C=O) groups excluding carboxylic acids is 1. The third-order valence-corrected chi connectivity index (χ3v) is 4.84. The van der Waals surface area contributed by atoms with Crippen molar-refractivity contribution in [3.63, 3.8) is 0 Å². The van der Waals surface area contributed by atoms with Crippen molar-refractivity contribution in [1.29, 1.82) is 0 Å². The molecule has 0 N–H and O–H groups in total. The molecule has 0 radical (unpaired) electrons. The first-order valence-corrected chi connectivity index (χ1v) is 8.13. The molecule has 0 aliphatic carbocycles. The molecule has 3 rings (SSSR count). The third kappa shape index (κ3) is 3.38. The minimum absolute atomic E-state index is 0.0324. The van der Waals surface area contributed by atoms with Gasteiger partial charge in [0.2, 0.25) is 5.91 Å². The van der Waals surface area contributed by atoms with Crippen molar-refractivity contribution in [3.8, 4) is 0 Å². The molecule has 2 saturated heterocycles. The van der Waals surface area contributed by atoms with Gasteiger partial charge in [-0.25, -0.2) is 4.68 Å². The Bertz CT molecular complexity index is 580. The Morgan fingerprint density at radius 3 is 2.82 bits per heavy atom. The standard InChI is InChI=1S/C16H24N4O2/c1-18-14(5-2-3-6-15(18)21)12-19-9-13(10-19)11-20-16(22)7-4-8-17-20/h4,7-8,13-14H,2-3,5-6,9-12H2,1H3. The van der Waals surface area contributed by atoms with Gasteiger partial charge >= 0.3 is 0 Å². The van der Waals surface area contributed by atoms with E-state index in [9.17, 15) is 9.59 Å². The highest BCUT2D eigenvalue weighted by atomic mass is 16.2. The number of likely N-dealkylation sites (tertiary alicyclic amines) is 2. The number of amides is 1. The van der Waals surface area contributed by atoms with E-state index in [1.807, 2.05) is 11.9 Å². The first-order valence-electron chi connectivity index (χ1n) is 8.13. The van der Waals surface area contributed by atoms with E-state index in [-0.39, 0.29) is 11.5 Å². The predicted octanol–water partition coefficient (Wildman–Crippen LogP) is 0.576. The Kier molecular flexibility index (Phi) is 4.57. The molecule has 22 heavy (non-hydrogen) atoms. The summed E-state index contributed by atoms with van der Waals surface area (Å²) in [5, 5.41) is 4.11. The number of carbonyl (C=O) groups is 1. The van der Waals surface area contributed by atoms with Crippen LogP contribution in [0.1, 0.15) is 25.7 Å². The zero-order chi connectivity index (χ0) is 15.5. The van der Waals surface area contributed by atoms with Gasteiger partial charge in [0.25, 0.3) is 5.56 Å². The number of aromatic nitrogens is 2. The molecular weight excluding hydrogens is 280 g/mol. The second kappa shape index (κ2) is 6.60. The fourth-order valence-corrected chi connectivity index (χ4v) is 3.45. The first-order chi connectivity index (χ1) is 10.6. The summed E-state index contributed by atoms with van der Waals surface area (Å²) < 4.78 is 1.54. The Labute approximate surface area is 130 Å². The number of likely N-dealkylation sites (N-methyl/N-ethyl adjacent to an activating group) is 1. The van der Waals surface area contributed by atoms with Gasteiger partial charge in [0.15, 0.2) is 0 Å². The minimum atomic E-state index is -0.0324. The van der Waals surface area contributed by atoms with Crippen molar-refractivity contribution in [3.05, 3.63) is 28.7 Å². The van der Waals surface area contributed by atoms with Crippen LogP contribution in [0.4, 0.5) is 0 Å². The summed E-state index contributed by atoms with van der Waals surface area (Å²) in [6, 6.07) is 3.56. The normalized spacial score (nSPS) is 24.1. The highest BCUT2D eigenvalue weighted by Crippen LogP contribution is 2.22. The van der Waals surface area contributed by atoms with Gasteiger partial charge in [-0.05, 0) is 18.9 Å². The van der Waals surface area contributed by atoms with Gasteiger partial charge in [-0.2, -0.15) is 5.10 Å². The summed E-state index contributed by atoms with van der Waals surface area (Å²) in [6.07, 6.45) is 5.61. The molecule has 120 valence electrons. The molecule has 1 unspecified atom stereocenters.